The zero-order chi connectivity index (χ0) is 18.8. The first kappa shape index (κ1) is 18.5. The van der Waals surface area contributed by atoms with Gasteiger partial charge >= 0.3 is 6.18 Å². The summed E-state index contributed by atoms with van der Waals surface area (Å²) in [6.07, 6.45) is -4.82. The predicted octanol–water partition coefficient (Wildman–Crippen LogP) is 4.29. The van der Waals surface area contributed by atoms with Crippen LogP contribution in [0.5, 0.6) is 0 Å². The molecule has 0 unspecified atom stereocenters. The van der Waals surface area contributed by atoms with Crippen LogP contribution in [0.4, 0.5) is 13.2 Å². The maximum atomic E-state index is 13.3. The van der Waals surface area contributed by atoms with Crippen molar-refractivity contribution in [3.63, 3.8) is 0 Å². The van der Waals surface area contributed by atoms with Crippen molar-refractivity contribution in [3.8, 4) is 17.3 Å². The van der Waals surface area contributed by atoms with E-state index in [1.54, 1.807) is 37.3 Å². The number of rotatable bonds is 3. The third-order valence-electron chi connectivity index (χ3n) is 3.76. The van der Waals surface area contributed by atoms with Gasteiger partial charge in [0.15, 0.2) is 0 Å². The van der Waals surface area contributed by atoms with Crippen molar-refractivity contribution < 1.29 is 13.2 Å². The highest BCUT2D eigenvalue weighted by atomic mass is 19.4. The highest BCUT2D eigenvalue weighted by Gasteiger charge is 2.36. The van der Waals surface area contributed by atoms with Gasteiger partial charge in [0, 0.05) is 11.3 Å². The van der Waals surface area contributed by atoms with E-state index < -0.39 is 22.9 Å². The van der Waals surface area contributed by atoms with E-state index in [0.29, 0.717) is 11.3 Å². The van der Waals surface area contributed by atoms with Crippen LogP contribution in [0.1, 0.15) is 31.9 Å². The molecule has 0 radical (unpaired) electrons. The van der Waals surface area contributed by atoms with Crippen molar-refractivity contribution in [1.29, 1.82) is 5.26 Å². The molecular formula is C18H16F3N3O. The van der Waals surface area contributed by atoms with Gasteiger partial charge in [0.05, 0.1) is 11.3 Å². The molecule has 0 bridgehead atoms. The Bertz CT molecular complexity index is 904. The first-order valence-corrected chi connectivity index (χ1v) is 7.55. The molecule has 1 aromatic carbocycles. The monoisotopic (exact) mass is 347 g/mol. The third kappa shape index (κ3) is 3.79. The number of benzene rings is 1. The van der Waals surface area contributed by atoms with Crippen LogP contribution < -0.4 is 5.56 Å². The van der Waals surface area contributed by atoms with E-state index in [0.717, 1.165) is 10.7 Å². The van der Waals surface area contributed by atoms with Crippen LogP contribution >= 0.6 is 0 Å². The second-order valence-corrected chi connectivity index (χ2v) is 5.81. The first-order valence-electron chi connectivity index (χ1n) is 7.55. The molecule has 130 valence electrons. The van der Waals surface area contributed by atoms with Crippen LogP contribution in [-0.4, -0.2) is 10.4 Å². The van der Waals surface area contributed by atoms with Gasteiger partial charge in [0.2, 0.25) is 0 Å². The lowest BCUT2D eigenvalue weighted by atomic mass is 10.0. The summed E-state index contributed by atoms with van der Waals surface area (Å²) in [6.45, 7) is 5.37. The molecule has 4 nitrogen and oxygen atoms in total. The number of pyridine rings is 1. The maximum absolute atomic E-state index is 13.3. The summed E-state index contributed by atoms with van der Waals surface area (Å²) in [6, 6.07) is 10.3. The van der Waals surface area contributed by atoms with Gasteiger partial charge in [-0.25, -0.2) is 0 Å². The van der Waals surface area contributed by atoms with Crippen LogP contribution in [0.25, 0.3) is 11.3 Å². The number of hydrogen-bond acceptors (Lipinski definition) is 3. The smallest absolute Gasteiger partial charge is 0.266 e. The van der Waals surface area contributed by atoms with E-state index in [1.165, 1.54) is 6.07 Å². The van der Waals surface area contributed by atoms with Crippen molar-refractivity contribution in [2.24, 2.45) is 11.0 Å². The second kappa shape index (κ2) is 6.93. The number of hydrogen-bond donors (Lipinski definition) is 0. The minimum absolute atomic E-state index is 0.0108. The lowest BCUT2D eigenvalue weighted by molar-refractivity contribution is -0.137. The molecular weight excluding hydrogens is 331 g/mol. The standard InChI is InChI=1S/C18H16F3N3O/c1-11(2)12(3)23-24-16(13-7-5-4-6-8-13)9-15(18(19,20)21)14(10-22)17(24)25/h4-9,11H,1-3H3/b23-12+. The average molecular weight is 347 g/mol. The van der Waals surface area contributed by atoms with Crippen LogP contribution in [-0.2, 0) is 6.18 Å². The minimum Gasteiger partial charge on any atom is -0.266 e. The topological polar surface area (TPSA) is 58.1 Å². The normalized spacial score (nSPS) is 12.3. The van der Waals surface area contributed by atoms with Crippen molar-refractivity contribution >= 4 is 5.71 Å². The van der Waals surface area contributed by atoms with Gasteiger partial charge in [-0.1, -0.05) is 44.2 Å². The summed E-state index contributed by atoms with van der Waals surface area (Å²) in [5.74, 6) is -0.0108. The van der Waals surface area contributed by atoms with E-state index in [2.05, 4.69) is 5.10 Å². The Kier molecular flexibility index (Phi) is 5.12. The molecule has 1 heterocycles. The van der Waals surface area contributed by atoms with Crippen molar-refractivity contribution in [3.05, 3.63) is 57.9 Å². The zero-order valence-corrected chi connectivity index (χ0v) is 13.9. The molecule has 2 rings (SSSR count). The van der Waals surface area contributed by atoms with Crippen LogP contribution in [0, 0.1) is 17.2 Å². The van der Waals surface area contributed by atoms with E-state index in [-0.39, 0.29) is 11.6 Å². The molecule has 0 atom stereocenters. The molecule has 1 aromatic heterocycles. The summed E-state index contributed by atoms with van der Waals surface area (Å²) in [7, 11) is 0. The molecule has 0 aliphatic rings. The first-order chi connectivity index (χ1) is 11.7. The molecule has 0 spiro atoms. The fourth-order valence-corrected chi connectivity index (χ4v) is 2.12. The molecule has 25 heavy (non-hydrogen) atoms. The summed E-state index contributed by atoms with van der Waals surface area (Å²) in [5, 5.41) is 13.2. The Hall–Kier alpha value is -2.88. The second-order valence-electron chi connectivity index (χ2n) is 5.81. The lowest BCUT2D eigenvalue weighted by Crippen LogP contribution is -2.27. The van der Waals surface area contributed by atoms with E-state index in [1.807, 2.05) is 13.8 Å². The van der Waals surface area contributed by atoms with Gasteiger partial charge in [-0.3, -0.25) is 4.79 Å². The highest BCUT2D eigenvalue weighted by molar-refractivity contribution is 5.83. The largest absolute Gasteiger partial charge is 0.417 e. The van der Waals surface area contributed by atoms with Gasteiger partial charge in [-0.15, -0.1) is 0 Å². The molecule has 0 aliphatic heterocycles. The molecule has 0 aliphatic carbocycles. The SMILES string of the molecule is C/C(=N\n1c(-c2ccccc2)cc(C(F)(F)F)c(C#N)c1=O)C(C)C. The number of alkyl halides is 3. The number of halogens is 3. The highest BCUT2D eigenvalue weighted by Crippen LogP contribution is 2.33. The number of nitrogens with zero attached hydrogens (tertiary/aromatic N) is 3. The minimum atomic E-state index is -4.82. The van der Waals surface area contributed by atoms with Gasteiger partial charge in [-0.2, -0.15) is 28.2 Å². The molecule has 0 saturated carbocycles. The maximum Gasteiger partial charge on any atom is 0.417 e. The quantitative estimate of drug-likeness (QED) is 0.778. The Balaban J connectivity index is 2.93. The third-order valence-corrected chi connectivity index (χ3v) is 3.76. The number of aromatic nitrogens is 1. The Morgan fingerprint density at radius 2 is 1.84 bits per heavy atom. The molecule has 7 heteroatoms. The molecule has 2 aromatic rings. The van der Waals surface area contributed by atoms with Crippen molar-refractivity contribution in [2.45, 2.75) is 26.9 Å². The van der Waals surface area contributed by atoms with E-state index in [4.69, 9.17) is 5.26 Å². The van der Waals surface area contributed by atoms with Gasteiger partial charge in [-0.05, 0) is 18.9 Å². The Morgan fingerprint density at radius 3 is 2.32 bits per heavy atom. The van der Waals surface area contributed by atoms with Gasteiger partial charge in [0.1, 0.15) is 11.6 Å². The summed E-state index contributed by atoms with van der Waals surface area (Å²) in [5.41, 5.74) is -2.37. The molecule has 0 amide bonds. The fraction of sp³-hybridized carbons (Fsp3) is 0.278. The van der Waals surface area contributed by atoms with Crippen LogP contribution in [0.15, 0.2) is 46.3 Å². The Morgan fingerprint density at radius 1 is 1.24 bits per heavy atom. The molecule has 0 saturated heterocycles. The number of nitriles is 1. The summed E-state index contributed by atoms with van der Waals surface area (Å²) >= 11 is 0. The molecule has 0 N–H and O–H groups in total. The van der Waals surface area contributed by atoms with E-state index in [9.17, 15) is 18.0 Å². The molecule has 0 fully saturated rings. The van der Waals surface area contributed by atoms with Gasteiger partial charge in [0.25, 0.3) is 5.56 Å². The summed E-state index contributed by atoms with van der Waals surface area (Å²) < 4.78 is 40.8. The predicted molar refractivity (Wildman–Crippen MR) is 89.2 cm³/mol. The van der Waals surface area contributed by atoms with E-state index >= 15 is 0 Å². The lowest BCUT2D eigenvalue weighted by Gasteiger charge is -2.15. The Labute approximate surface area is 142 Å². The van der Waals surface area contributed by atoms with Crippen LogP contribution in [0.2, 0.25) is 0 Å². The van der Waals surface area contributed by atoms with Crippen LogP contribution in [0.3, 0.4) is 0 Å². The fourth-order valence-electron chi connectivity index (χ4n) is 2.12. The van der Waals surface area contributed by atoms with Crippen molar-refractivity contribution in [1.82, 2.24) is 4.68 Å². The van der Waals surface area contributed by atoms with Crippen molar-refractivity contribution in [2.75, 3.05) is 0 Å². The van der Waals surface area contributed by atoms with Gasteiger partial charge < -0.3 is 0 Å². The average Bonchev–Trinajstić information content (AvgIpc) is 2.55. The zero-order valence-electron chi connectivity index (χ0n) is 13.9. The summed E-state index contributed by atoms with van der Waals surface area (Å²) in [4.78, 5) is 12.6.